The van der Waals surface area contributed by atoms with E-state index in [1.807, 2.05) is 24.3 Å². The molecule has 1 heterocycles. The van der Waals surface area contributed by atoms with E-state index in [0.29, 0.717) is 18.9 Å². The molecular formula is C13H15N3O3. The molecule has 0 radical (unpaired) electrons. The number of hydrogen-bond acceptors (Lipinski definition) is 5. The van der Waals surface area contributed by atoms with Crippen molar-refractivity contribution < 1.29 is 13.9 Å². The third kappa shape index (κ3) is 4.34. The van der Waals surface area contributed by atoms with Gasteiger partial charge in [-0.05, 0) is 24.3 Å². The number of amides is 1. The van der Waals surface area contributed by atoms with Crippen LogP contribution in [0.5, 0.6) is 5.75 Å². The van der Waals surface area contributed by atoms with Crippen LogP contribution < -0.4 is 15.8 Å². The monoisotopic (exact) mass is 261 g/mol. The molecule has 0 aliphatic rings. The maximum Gasteiger partial charge on any atom is 0.220 e. The largest absolute Gasteiger partial charge is 0.493 e. The van der Waals surface area contributed by atoms with Crippen LogP contribution in [0, 0.1) is 0 Å². The third-order valence-electron chi connectivity index (χ3n) is 2.42. The van der Waals surface area contributed by atoms with Gasteiger partial charge in [0.15, 0.2) is 6.39 Å². The number of primary amides is 1. The van der Waals surface area contributed by atoms with Gasteiger partial charge < -0.3 is 20.2 Å². The molecule has 0 bridgehead atoms. The highest BCUT2D eigenvalue weighted by Crippen LogP contribution is 2.16. The van der Waals surface area contributed by atoms with Crippen LogP contribution in [0.25, 0.3) is 0 Å². The van der Waals surface area contributed by atoms with Crippen LogP contribution in [0.3, 0.4) is 0 Å². The summed E-state index contributed by atoms with van der Waals surface area (Å²) in [5, 5.41) is 3.19. The highest BCUT2D eigenvalue weighted by atomic mass is 16.5. The number of ether oxygens (including phenoxy) is 1. The van der Waals surface area contributed by atoms with E-state index in [2.05, 4.69) is 10.3 Å². The van der Waals surface area contributed by atoms with Gasteiger partial charge in [-0.2, -0.15) is 0 Å². The summed E-state index contributed by atoms with van der Waals surface area (Å²) in [6.45, 7) is 0.863. The Morgan fingerprint density at radius 3 is 2.79 bits per heavy atom. The van der Waals surface area contributed by atoms with Crippen molar-refractivity contribution in [1.29, 1.82) is 0 Å². The molecule has 0 fully saturated rings. The molecule has 1 aromatic carbocycles. The first kappa shape index (κ1) is 12.9. The van der Waals surface area contributed by atoms with Gasteiger partial charge in [-0.1, -0.05) is 0 Å². The van der Waals surface area contributed by atoms with Crippen LogP contribution in [0.2, 0.25) is 0 Å². The summed E-state index contributed by atoms with van der Waals surface area (Å²) in [5.41, 5.74) is 5.97. The highest BCUT2D eigenvalue weighted by Gasteiger charge is 1.99. The van der Waals surface area contributed by atoms with Crippen molar-refractivity contribution in [3.05, 3.63) is 42.6 Å². The number of rotatable bonds is 7. The zero-order valence-electron chi connectivity index (χ0n) is 10.3. The van der Waals surface area contributed by atoms with Gasteiger partial charge in [-0.25, -0.2) is 4.98 Å². The molecule has 1 amide bonds. The van der Waals surface area contributed by atoms with Crippen molar-refractivity contribution in [1.82, 2.24) is 4.98 Å². The van der Waals surface area contributed by atoms with Crippen molar-refractivity contribution in [2.24, 2.45) is 5.73 Å². The maximum absolute atomic E-state index is 10.6. The lowest BCUT2D eigenvalue weighted by Gasteiger charge is -2.07. The van der Waals surface area contributed by atoms with E-state index in [0.717, 1.165) is 11.4 Å². The lowest BCUT2D eigenvalue weighted by molar-refractivity contribution is -0.118. The van der Waals surface area contributed by atoms with E-state index >= 15 is 0 Å². The number of anilines is 1. The first-order chi connectivity index (χ1) is 9.24. The fourth-order valence-electron chi connectivity index (χ4n) is 1.46. The number of carbonyl (C=O) groups is 1. The van der Waals surface area contributed by atoms with Gasteiger partial charge in [-0.15, -0.1) is 0 Å². The number of nitrogens with two attached hydrogens (primary N) is 1. The number of benzene rings is 1. The van der Waals surface area contributed by atoms with Gasteiger partial charge in [0, 0.05) is 5.69 Å². The molecule has 0 saturated carbocycles. The number of carbonyl (C=O) groups excluding carboxylic acids is 1. The van der Waals surface area contributed by atoms with Crippen molar-refractivity contribution in [3.63, 3.8) is 0 Å². The lowest BCUT2D eigenvalue weighted by Crippen LogP contribution is -2.14. The van der Waals surface area contributed by atoms with E-state index < -0.39 is 0 Å². The topological polar surface area (TPSA) is 90.4 Å². The first-order valence-corrected chi connectivity index (χ1v) is 5.86. The average Bonchev–Trinajstić information content (AvgIpc) is 2.90. The summed E-state index contributed by atoms with van der Waals surface area (Å²) >= 11 is 0. The Kier molecular flexibility index (Phi) is 4.39. The Bertz CT molecular complexity index is 508. The van der Waals surface area contributed by atoms with Crippen LogP contribution in [-0.2, 0) is 11.3 Å². The van der Waals surface area contributed by atoms with Gasteiger partial charge in [0.05, 0.1) is 25.8 Å². The smallest absolute Gasteiger partial charge is 0.220 e. The van der Waals surface area contributed by atoms with Crippen LogP contribution in [-0.4, -0.2) is 17.5 Å². The van der Waals surface area contributed by atoms with Crippen molar-refractivity contribution in [2.75, 3.05) is 11.9 Å². The Labute approximate surface area is 110 Å². The van der Waals surface area contributed by atoms with Crippen LogP contribution in [0.4, 0.5) is 5.69 Å². The fourth-order valence-corrected chi connectivity index (χ4v) is 1.46. The normalized spacial score (nSPS) is 10.1. The Morgan fingerprint density at radius 2 is 2.16 bits per heavy atom. The second-order valence-electron chi connectivity index (χ2n) is 3.91. The molecule has 6 heteroatoms. The number of aromatic nitrogens is 1. The van der Waals surface area contributed by atoms with Gasteiger partial charge in [0.1, 0.15) is 11.5 Å². The summed E-state index contributed by atoms with van der Waals surface area (Å²) in [4.78, 5) is 14.4. The minimum atomic E-state index is -0.370. The number of nitrogens with one attached hydrogen (secondary N) is 1. The molecule has 1 aromatic heterocycles. The molecule has 0 saturated heterocycles. The summed E-state index contributed by atoms with van der Waals surface area (Å²) in [5.74, 6) is 1.10. The second kappa shape index (κ2) is 6.44. The predicted molar refractivity (Wildman–Crippen MR) is 69.6 cm³/mol. The average molecular weight is 261 g/mol. The summed E-state index contributed by atoms with van der Waals surface area (Å²) in [7, 11) is 0. The Morgan fingerprint density at radius 1 is 1.37 bits per heavy atom. The standard InChI is InChI=1S/C13H15N3O3/c14-13(17)5-6-18-11-3-1-10(2-4-11)16-8-12-7-15-9-19-12/h1-4,7,9,16H,5-6,8H2,(H2,14,17). The first-order valence-electron chi connectivity index (χ1n) is 5.86. The number of oxazole rings is 1. The fraction of sp³-hybridized carbons (Fsp3) is 0.231. The van der Waals surface area contributed by atoms with Crippen LogP contribution in [0.15, 0.2) is 41.3 Å². The van der Waals surface area contributed by atoms with Crippen molar-refractivity contribution in [2.45, 2.75) is 13.0 Å². The summed E-state index contributed by atoms with van der Waals surface area (Å²) < 4.78 is 10.5. The molecule has 0 spiro atoms. The number of nitrogens with zero attached hydrogens (tertiary/aromatic N) is 1. The highest BCUT2D eigenvalue weighted by molar-refractivity contribution is 5.73. The van der Waals surface area contributed by atoms with Crippen molar-refractivity contribution >= 4 is 11.6 Å². The molecule has 6 nitrogen and oxygen atoms in total. The summed E-state index contributed by atoms with van der Waals surface area (Å²) in [6, 6.07) is 7.42. The van der Waals surface area contributed by atoms with Crippen LogP contribution >= 0.6 is 0 Å². The SMILES string of the molecule is NC(=O)CCOc1ccc(NCc2cnco2)cc1. The Hall–Kier alpha value is -2.50. The zero-order chi connectivity index (χ0) is 13.5. The van der Waals surface area contributed by atoms with E-state index in [1.54, 1.807) is 6.20 Å². The maximum atomic E-state index is 10.6. The molecule has 100 valence electrons. The second-order valence-corrected chi connectivity index (χ2v) is 3.91. The lowest BCUT2D eigenvalue weighted by atomic mass is 10.3. The molecule has 0 aliphatic carbocycles. The molecule has 19 heavy (non-hydrogen) atoms. The molecule has 0 unspecified atom stereocenters. The van der Waals surface area contributed by atoms with Gasteiger partial charge in [0.25, 0.3) is 0 Å². The number of hydrogen-bond donors (Lipinski definition) is 2. The molecule has 2 aromatic rings. The third-order valence-corrected chi connectivity index (χ3v) is 2.42. The predicted octanol–water partition coefficient (Wildman–Crippen LogP) is 1.54. The van der Waals surface area contributed by atoms with E-state index in [9.17, 15) is 4.79 Å². The Balaban J connectivity index is 1.79. The van der Waals surface area contributed by atoms with E-state index in [1.165, 1.54) is 6.39 Å². The molecule has 2 rings (SSSR count). The summed E-state index contributed by atoms with van der Waals surface area (Å²) in [6.07, 6.45) is 3.27. The van der Waals surface area contributed by atoms with Gasteiger partial charge in [-0.3, -0.25) is 4.79 Å². The van der Waals surface area contributed by atoms with Gasteiger partial charge >= 0.3 is 0 Å². The van der Waals surface area contributed by atoms with E-state index in [-0.39, 0.29) is 12.3 Å². The molecule has 0 atom stereocenters. The molecular weight excluding hydrogens is 246 g/mol. The van der Waals surface area contributed by atoms with Crippen LogP contribution in [0.1, 0.15) is 12.2 Å². The zero-order valence-corrected chi connectivity index (χ0v) is 10.3. The molecule has 3 N–H and O–H groups in total. The molecule has 0 aliphatic heterocycles. The van der Waals surface area contributed by atoms with E-state index in [4.69, 9.17) is 14.9 Å². The quantitative estimate of drug-likeness (QED) is 0.789. The minimum absolute atomic E-state index is 0.214. The van der Waals surface area contributed by atoms with Crippen molar-refractivity contribution in [3.8, 4) is 5.75 Å². The van der Waals surface area contributed by atoms with Gasteiger partial charge in [0.2, 0.25) is 5.91 Å². The minimum Gasteiger partial charge on any atom is -0.493 e.